The lowest BCUT2D eigenvalue weighted by atomic mass is 9.80. The molecule has 1 aliphatic rings. The number of hydrogen-bond acceptors (Lipinski definition) is 9. The highest BCUT2D eigenvalue weighted by Gasteiger charge is 2.37. The van der Waals surface area contributed by atoms with Gasteiger partial charge in [0, 0.05) is 21.4 Å². The Morgan fingerprint density at radius 2 is 1.59 bits per heavy atom. The van der Waals surface area contributed by atoms with E-state index in [4.69, 9.17) is 14.2 Å². The van der Waals surface area contributed by atoms with E-state index in [0.29, 0.717) is 43.9 Å². The molecule has 3 rings (SSSR count). The van der Waals surface area contributed by atoms with Crippen LogP contribution in [0, 0.1) is 0 Å². The van der Waals surface area contributed by atoms with E-state index in [0.717, 1.165) is 0 Å². The first-order valence-electron chi connectivity index (χ1n) is 12.2. The van der Waals surface area contributed by atoms with Gasteiger partial charge in [0.05, 0.1) is 36.5 Å². The largest absolute Gasteiger partial charge is 0.507 e. The molecule has 1 aliphatic heterocycles. The molecule has 10 nitrogen and oxygen atoms in total. The van der Waals surface area contributed by atoms with Gasteiger partial charge in [0.25, 0.3) is 5.91 Å². The van der Waals surface area contributed by atoms with Gasteiger partial charge in [-0.1, -0.05) is 28.1 Å². The SMILES string of the molecule is CCOC(=O)C1=C(C)NC(C)=C(C(=O)OCC)C1c1ccc(OCC(=O)N/N=C/c2ccc(Br)cc2O)cc1. The average Bonchev–Trinajstić information content (AvgIpc) is 2.88. The number of hydrazone groups is 1. The van der Waals surface area contributed by atoms with Crippen molar-refractivity contribution in [1.29, 1.82) is 0 Å². The summed E-state index contributed by atoms with van der Waals surface area (Å²) in [6.07, 6.45) is 1.32. The number of nitrogens with one attached hydrogen (secondary N) is 2. The number of carbonyl (C=O) groups excluding carboxylic acids is 3. The molecule has 1 amide bonds. The molecule has 0 radical (unpaired) electrons. The Balaban J connectivity index is 1.74. The Bertz CT molecular complexity index is 1290. The predicted molar refractivity (Wildman–Crippen MR) is 148 cm³/mol. The lowest BCUT2D eigenvalue weighted by Gasteiger charge is -2.30. The van der Waals surface area contributed by atoms with Crippen LogP contribution in [0.25, 0.3) is 0 Å². The van der Waals surface area contributed by atoms with Crippen LogP contribution >= 0.6 is 15.9 Å². The van der Waals surface area contributed by atoms with Crippen LogP contribution in [0.4, 0.5) is 0 Å². The predicted octanol–water partition coefficient (Wildman–Crippen LogP) is 4.04. The number of benzene rings is 2. The van der Waals surface area contributed by atoms with Crippen molar-refractivity contribution >= 4 is 40.0 Å². The highest BCUT2D eigenvalue weighted by molar-refractivity contribution is 9.10. The summed E-state index contributed by atoms with van der Waals surface area (Å²) in [5.41, 5.74) is 5.21. The molecule has 0 bridgehead atoms. The molecular formula is C28H30BrN3O7. The summed E-state index contributed by atoms with van der Waals surface area (Å²) in [5.74, 6) is -1.87. The van der Waals surface area contributed by atoms with Gasteiger partial charge < -0.3 is 24.6 Å². The molecule has 2 aromatic carbocycles. The van der Waals surface area contributed by atoms with E-state index in [1.165, 1.54) is 12.3 Å². The van der Waals surface area contributed by atoms with Crippen molar-refractivity contribution in [3.05, 3.63) is 80.6 Å². The van der Waals surface area contributed by atoms with Crippen molar-refractivity contribution < 1.29 is 33.7 Å². The van der Waals surface area contributed by atoms with Gasteiger partial charge in [0.1, 0.15) is 11.5 Å². The van der Waals surface area contributed by atoms with Gasteiger partial charge in [-0.15, -0.1) is 0 Å². The number of ether oxygens (including phenoxy) is 3. The maximum atomic E-state index is 12.9. The molecule has 0 atom stereocenters. The zero-order valence-corrected chi connectivity index (χ0v) is 23.6. The van der Waals surface area contributed by atoms with E-state index in [9.17, 15) is 19.5 Å². The molecule has 206 valence electrons. The van der Waals surface area contributed by atoms with Gasteiger partial charge in [-0.2, -0.15) is 5.10 Å². The third-order valence-electron chi connectivity index (χ3n) is 5.72. The maximum absolute atomic E-state index is 12.9. The first kappa shape index (κ1) is 29.4. The Labute approximate surface area is 234 Å². The molecule has 0 unspecified atom stereocenters. The van der Waals surface area contributed by atoms with Crippen molar-refractivity contribution in [3.63, 3.8) is 0 Å². The summed E-state index contributed by atoms with van der Waals surface area (Å²) in [7, 11) is 0. The van der Waals surface area contributed by atoms with E-state index in [-0.39, 0.29) is 25.6 Å². The molecule has 1 heterocycles. The number of nitrogens with zero attached hydrogens (tertiary/aromatic N) is 1. The summed E-state index contributed by atoms with van der Waals surface area (Å²) >= 11 is 3.25. The van der Waals surface area contributed by atoms with Crippen LogP contribution in [0.3, 0.4) is 0 Å². The van der Waals surface area contributed by atoms with E-state index in [1.54, 1.807) is 64.1 Å². The van der Waals surface area contributed by atoms with Crippen molar-refractivity contribution in [2.75, 3.05) is 19.8 Å². The van der Waals surface area contributed by atoms with Crippen LogP contribution in [0.1, 0.15) is 44.7 Å². The minimum atomic E-state index is -0.717. The standard InChI is InChI=1S/C28H30BrN3O7/c1-5-37-27(35)24-16(3)31-17(4)25(28(36)38-6-2)26(24)18-8-11-21(12-9-18)39-15-23(34)32-30-14-19-7-10-20(29)13-22(19)33/h7-14,26,31,33H,5-6,15H2,1-4H3,(H,32,34)/b30-14+. The molecule has 0 aromatic heterocycles. The van der Waals surface area contributed by atoms with E-state index in [1.807, 2.05) is 0 Å². The third-order valence-corrected chi connectivity index (χ3v) is 6.21. The number of hydrogen-bond donors (Lipinski definition) is 3. The molecule has 2 aromatic rings. The summed E-state index contributed by atoms with van der Waals surface area (Å²) < 4.78 is 16.8. The first-order chi connectivity index (χ1) is 18.7. The molecule has 3 N–H and O–H groups in total. The second-order valence-corrected chi connectivity index (χ2v) is 9.35. The number of aromatic hydroxyl groups is 1. The highest BCUT2D eigenvalue weighted by Crippen LogP contribution is 2.39. The smallest absolute Gasteiger partial charge is 0.336 e. The number of allylic oxidation sites excluding steroid dienone is 2. The van der Waals surface area contributed by atoms with Crippen LogP contribution in [0.5, 0.6) is 11.5 Å². The number of halogens is 1. The Kier molecular flexibility index (Phi) is 10.3. The summed E-state index contributed by atoms with van der Waals surface area (Å²) in [6, 6.07) is 11.6. The average molecular weight is 600 g/mol. The molecule has 0 saturated carbocycles. The third kappa shape index (κ3) is 7.47. The van der Waals surface area contributed by atoms with Crippen LogP contribution in [0.2, 0.25) is 0 Å². The van der Waals surface area contributed by atoms with Gasteiger partial charge >= 0.3 is 11.9 Å². The fraction of sp³-hybridized carbons (Fsp3) is 0.286. The van der Waals surface area contributed by atoms with Crippen LogP contribution in [-0.4, -0.2) is 49.0 Å². The Morgan fingerprint density at radius 3 is 2.13 bits per heavy atom. The van der Waals surface area contributed by atoms with E-state index in [2.05, 4.69) is 31.8 Å². The molecule has 39 heavy (non-hydrogen) atoms. The quantitative estimate of drug-likeness (QED) is 0.211. The van der Waals surface area contributed by atoms with Crippen molar-refractivity contribution in [2.24, 2.45) is 5.10 Å². The zero-order valence-electron chi connectivity index (χ0n) is 22.0. The second-order valence-electron chi connectivity index (χ2n) is 8.43. The number of phenols is 1. The van der Waals surface area contributed by atoms with Gasteiger partial charge in [0.2, 0.25) is 0 Å². The summed E-state index contributed by atoms with van der Waals surface area (Å²) in [4.78, 5) is 37.9. The van der Waals surface area contributed by atoms with Gasteiger partial charge in [-0.05, 0) is 63.6 Å². The molecule has 11 heteroatoms. The van der Waals surface area contributed by atoms with Crippen molar-refractivity contribution in [1.82, 2.24) is 10.7 Å². The van der Waals surface area contributed by atoms with Crippen LogP contribution in [-0.2, 0) is 23.9 Å². The summed E-state index contributed by atoms with van der Waals surface area (Å²) in [6.45, 7) is 6.99. The second kappa shape index (κ2) is 13.6. The van der Waals surface area contributed by atoms with Crippen molar-refractivity contribution in [2.45, 2.75) is 33.6 Å². The van der Waals surface area contributed by atoms with Gasteiger partial charge in [-0.25, -0.2) is 15.0 Å². The topological polar surface area (TPSA) is 136 Å². The molecular weight excluding hydrogens is 570 g/mol. The van der Waals surface area contributed by atoms with Gasteiger partial charge in [-0.3, -0.25) is 4.79 Å². The fourth-order valence-corrected chi connectivity index (χ4v) is 4.37. The normalized spacial score (nSPS) is 13.8. The minimum absolute atomic E-state index is 0.0137. The number of esters is 2. The number of rotatable bonds is 10. The Morgan fingerprint density at radius 1 is 1.00 bits per heavy atom. The van der Waals surface area contributed by atoms with E-state index >= 15 is 0 Å². The number of carbonyl (C=O) groups is 3. The number of phenolic OH excluding ortho intramolecular Hbond substituents is 1. The fourth-order valence-electron chi connectivity index (χ4n) is 4.02. The monoisotopic (exact) mass is 599 g/mol. The molecule has 0 fully saturated rings. The van der Waals surface area contributed by atoms with Crippen molar-refractivity contribution in [3.8, 4) is 11.5 Å². The Hall–Kier alpha value is -4.12. The van der Waals surface area contributed by atoms with Crippen LogP contribution < -0.4 is 15.5 Å². The number of amides is 1. The minimum Gasteiger partial charge on any atom is -0.507 e. The zero-order chi connectivity index (χ0) is 28.5. The lowest BCUT2D eigenvalue weighted by Crippen LogP contribution is -2.32. The first-order valence-corrected chi connectivity index (χ1v) is 13.0. The lowest BCUT2D eigenvalue weighted by molar-refractivity contribution is -0.139. The van der Waals surface area contributed by atoms with Crippen LogP contribution in [0.15, 0.2) is 74.6 Å². The van der Waals surface area contributed by atoms with Gasteiger partial charge in [0.15, 0.2) is 6.61 Å². The van der Waals surface area contributed by atoms with E-state index < -0.39 is 23.8 Å². The molecule has 0 saturated heterocycles. The molecule has 0 aliphatic carbocycles. The molecule has 0 spiro atoms. The maximum Gasteiger partial charge on any atom is 0.336 e. The summed E-state index contributed by atoms with van der Waals surface area (Å²) in [5, 5.41) is 16.8. The number of dihydropyridines is 1. The highest BCUT2D eigenvalue weighted by atomic mass is 79.9.